The molecule has 1 atom stereocenters. The van der Waals surface area contributed by atoms with E-state index in [0.29, 0.717) is 11.8 Å². The predicted octanol–water partition coefficient (Wildman–Crippen LogP) is 4.50. The van der Waals surface area contributed by atoms with Gasteiger partial charge in [0, 0.05) is 12.1 Å². The van der Waals surface area contributed by atoms with Crippen molar-refractivity contribution in [1.82, 2.24) is 4.90 Å². The molecule has 1 aromatic carbocycles. The van der Waals surface area contributed by atoms with Crippen molar-refractivity contribution in [3.05, 3.63) is 29.8 Å². The number of nitrogens with zero attached hydrogens (tertiary/aromatic N) is 1. The molecule has 1 aliphatic rings. The Labute approximate surface area is 117 Å². The van der Waals surface area contributed by atoms with Gasteiger partial charge in [-0.15, -0.1) is 0 Å². The van der Waals surface area contributed by atoms with E-state index in [1.807, 2.05) is 12.1 Å². The Morgan fingerprint density at radius 1 is 1.11 bits per heavy atom. The van der Waals surface area contributed by atoms with Gasteiger partial charge in [0.05, 0.1) is 0 Å². The van der Waals surface area contributed by atoms with Gasteiger partial charge in [-0.05, 0) is 43.5 Å². The van der Waals surface area contributed by atoms with E-state index in [9.17, 15) is 5.11 Å². The Morgan fingerprint density at radius 3 is 2.26 bits per heavy atom. The fourth-order valence-electron chi connectivity index (χ4n) is 3.50. The van der Waals surface area contributed by atoms with Gasteiger partial charge < -0.3 is 5.11 Å². The van der Waals surface area contributed by atoms with E-state index in [-0.39, 0.29) is 0 Å². The molecule has 1 fully saturated rings. The molecule has 0 amide bonds. The van der Waals surface area contributed by atoms with Gasteiger partial charge >= 0.3 is 0 Å². The number of rotatable bonds is 5. The molecule has 1 aromatic rings. The molecule has 1 N–H and O–H groups in total. The zero-order chi connectivity index (χ0) is 13.7. The van der Waals surface area contributed by atoms with Gasteiger partial charge in [-0.1, -0.05) is 45.2 Å². The van der Waals surface area contributed by atoms with Gasteiger partial charge in [-0.2, -0.15) is 0 Å². The third-order valence-corrected chi connectivity index (χ3v) is 4.47. The quantitative estimate of drug-likeness (QED) is 0.843. The van der Waals surface area contributed by atoms with Crippen molar-refractivity contribution in [2.45, 2.75) is 64.5 Å². The molecule has 1 saturated carbocycles. The maximum absolute atomic E-state index is 9.44. The largest absolute Gasteiger partial charge is 0.508 e. The van der Waals surface area contributed by atoms with Crippen LogP contribution in [0, 0.1) is 0 Å². The summed E-state index contributed by atoms with van der Waals surface area (Å²) in [4.78, 5) is 2.67. The van der Waals surface area contributed by atoms with Crippen LogP contribution in [0.15, 0.2) is 24.3 Å². The van der Waals surface area contributed by atoms with Gasteiger partial charge in [-0.3, -0.25) is 4.90 Å². The van der Waals surface area contributed by atoms with Crippen molar-refractivity contribution in [2.75, 3.05) is 6.54 Å². The van der Waals surface area contributed by atoms with Gasteiger partial charge in [0.25, 0.3) is 0 Å². The van der Waals surface area contributed by atoms with Crippen molar-refractivity contribution in [1.29, 1.82) is 0 Å². The lowest BCUT2D eigenvalue weighted by molar-refractivity contribution is 0.107. The number of benzene rings is 1. The molecule has 0 bridgehead atoms. The van der Waals surface area contributed by atoms with Crippen molar-refractivity contribution >= 4 is 0 Å². The van der Waals surface area contributed by atoms with Crippen LogP contribution < -0.4 is 0 Å². The Kier molecular flexibility index (Phi) is 5.26. The minimum atomic E-state index is 0.360. The van der Waals surface area contributed by atoms with Crippen molar-refractivity contribution < 1.29 is 5.11 Å². The van der Waals surface area contributed by atoms with Gasteiger partial charge in [0.15, 0.2) is 0 Å². The molecular formula is C17H27NO. The van der Waals surface area contributed by atoms with E-state index >= 15 is 0 Å². The average Bonchev–Trinajstić information content (AvgIpc) is 2.47. The minimum Gasteiger partial charge on any atom is -0.508 e. The second-order valence-electron chi connectivity index (χ2n) is 5.64. The van der Waals surface area contributed by atoms with Crippen LogP contribution in [0.3, 0.4) is 0 Å². The first-order valence-electron chi connectivity index (χ1n) is 7.81. The molecular weight excluding hydrogens is 234 g/mol. The molecule has 2 nitrogen and oxygen atoms in total. The first-order valence-corrected chi connectivity index (χ1v) is 7.81. The lowest BCUT2D eigenvalue weighted by Gasteiger charge is -2.39. The SMILES string of the molecule is CCC(c1ccc(O)cc1)N(CC)C1CCCCC1. The number of phenolic OH excluding ortho intramolecular Hbond substituents is 1. The van der Waals surface area contributed by atoms with E-state index in [1.54, 1.807) is 0 Å². The summed E-state index contributed by atoms with van der Waals surface area (Å²) >= 11 is 0. The molecule has 0 saturated heterocycles. The van der Waals surface area contributed by atoms with Crippen LogP contribution in [-0.4, -0.2) is 22.6 Å². The highest BCUT2D eigenvalue weighted by molar-refractivity contribution is 5.28. The highest BCUT2D eigenvalue weighted by Gasteiger charge is 2.26. The molecule has 0 radical (unpaired) electrons. The summed E-state index contributed by atoms with van der Waals surface area (Å²) in [5.74, 6) is 0.360. The number of hydrogen-bond donors (Lipinski definition) is 1. The third kappa shape index (κ3) is 3.50. The van der Waals surface area contributed by atoms with Gasteiger partial charge in [0.2, 0.25) is 0 Å². The molecule has 2 rings (SSSR count). The smallest absolute Gasteiger partial charge is 0.115 e. The summed E-state index contributed by atoms with van der Waals surface area (Å²) < 4.78 is 0. The highest BCUT2D eigenvalue weighted by Crippen LogP contribution is 2.32. The van der Waals surface area contributed by atoms with Crippen LogP contribution in [-0.2, 0) is 0 Å². The maximum Gasteiger partial charge on any atom is 0.115 e. The Balaban J connectivity index is 2.15. The lowest BCUT2D eigenvalue weighted by Crippen LogP contribution is -2.39. The van der Waals surface area contributed by atoms with E-state index in [2.05, 4.69) is 30.9 Å². The van der Waals surface area contributed by atoms with Gasteiger partial charge in [-0.25, -0.2) is 0 Å². The molecule has 1 aliphatic carbocycles. The van der Waals surface area contributed by atoms with Crippen LogP contribution in [0.1, 0.15) is 64.0 Å². The molecule has 0 heterocycles. The molecule has 0 spiro atoms. The minimum absolute atomic E-state index is 0.360. The van der Waals surface area contributed by atoms with Gasteiger partial charge in [0.1, 0.15) is 5.75 Å². The standard InChI is InChI=1S/C17H27NO/c1-3-17(14-10-12-16(19)13-11-14)18(4-2)15-8-6-5-7-9-15/h10-13,15,17,19H,3-9H2,1-2H3. The molecule has 106 valence electrons. The summed E-state index contributed by atoms with van der Waals surface area (Å²) in [6.45, 7) is 5.66. The fourth-order valence-corrected chi connectivity index (χ4v) is 3.50. The lowest BCUT2D eigenvalue weighted by atomic mass is 9.91. The summed E-state index contributed by atoms with van der Waals surface area (Å²) in [6.07, 6.45) is 8.00. The Morgan fingerprint density at radius 2 is 1.74 bits per heavy atom. The molecule has 1 unspecified atom stereocenters. The van der Waals surface area contributed by atoms with E-state index in [4.69, 9.17) is 0 Å². The summed E-state index contributed by atoms with van der Waals surface area (Å²) in [5.41, 5.74) is 1.34. The molecule has 0 aliphatic heterocycles. The first-order chi connectivity index (χ1) is 9.26. The maximum atomic E-state index is 9.44. The van der Waals surface area contributed by atoms with Crippen molar-refractivity contribution in [3.8, 4) is 5.75 Å². The van der Waals surface area contributed by atoms with E-state index in [0.717, 1.165) is 19.0 Å². The van der Waals surface area contributed by atoms with E-state index in [1.165, 1.54) is 37.7 Å². The number of aromatic hydroxyl groups is 1. The van der Waals surface area contributed by atoms with Crippen molar-refractivity contribution in [2.24, 2.45) is 0 Å². The third-order valence-electron chi connectivity index (χ3n) is 4.47. The molecule has 0 aromatic heterocycles. The second kappa shape index (κ2) is 6.95. The topological polar surface area (TPSA) is 23.5 Å². The van der Waals surface area contributed by atoms with Crippen molar-refractivity contribution in [3.63, 3.8) is 0 Å². The highest BCUT2D eigenvalue weighted by atomic mass is 16.3. The Bertz CT molecular complexity index is 367. The molecule has 19 heavy (non-hydrogen) atoms. The van der Waals surface area contributed by atoms with Crippen LogP contribution in [0.5, 0.6) is 5.75 Å². The number of phenols is 1. The normalized spacial score (nSPS) is 18.7. The van der Waals surface area contributed by atoms with Crippen LogP contribution in [0.4, 0.5) is 0 Å². The van der Waals surface area contributed by atoms with Crippen LogP contribution >= 0.6 is 0 Å². The first kappa shape index (κ1) is 14.4. The zero-order valence-corrected chi connectivity index (χ0v) is 12.3. The summed E-state index contributed by atoms with van der Waals surface area (Å²) in [5, 5.41) is 9.44. The predicted molar refractivity (Wildman–Crippen MR) is 80.4 cm³/mol. The Hall–Kier alpha value is -1.02. The monoisotopic (exact) mass is 261 g/mol. The average molecular weight is 261 g/mol. The van der Waals surface area contributed by atoms with E-state index < -0.39 is 0 Å². The fraction of sp³-hybridized carbons (Fsp3) is 0.647. The molecule has 2 heteroatoms. The summed E-state index contributed by atoms with van der Waals surface area (Å²) in [6, 6.07) is 9.02. The zero-order valence-electron chi connectivity index (χ0n) is 12.3. The van der Waals surface area contributed by atoms with Crippen LogP contribution in [0.25, 0.3) is 0 Å². The summed E-state index contributed by atoms with van der Waals surface area (Å²) in [7, 11) is 0. The second-order valence-corrected chi connectivity index (χ2v) is 5.64. The number of hydrogen-bond acceptors (Lipinski definition) is 2. The van der Waals surface area contributed by atoms with Crippen LogP contribution in [0.2, 0.25) is 0 Å².